The Hall–Kier alpha value is -2.20. The van der Waals surface area contributed by atoms with Crippen LogP contribution in [0.15, 0.2) is 41.3 Å². The maximum atomic E-state index is 13.9. The average Bonchev–Trinajstić information content (AvgIpc) is 2.70. The number of carbonyl (C=O) groups is 1. The van der Waals surface area contributed by atoms with Crippen molar-refractivity contribution in [2.24, 2.45) is 0 Å². The fourth-order valence-electron chi connectivity index (χ4n) is 2.93. The average molecular weight is 443 g/mol. The van der Waals surface area contributed by atoms with Crippen LogP contribution in [-0.4, -0.2) is 52.0 Å². The second kappa shape index (κ2) is 9.08. The standard InChI is InChI=1S/C19H20ClFN2O5S/c1-27-17-5-4-15(12-18(17)29(25,26)23-6-8-28-9-7-23)22-19(24)10-13-2-3-14(20)11-16(13)21/h2-5,11-12H,6-10H2,1H3,(H,22,24). The van der Waals surface area contributed by atoms with Gasteiger partial charge in [0.05, 0.1) is 26.7 Å². The van der Waals surface area contributed by atoms with Crippen LogP contribution >= 0.6 is 11.6 Å². The van der Waals surface area contributed by atoms with Crippen LogP contribution in [0.4, 0.5) is 10.1 Å². The summed E-state index contributed by atoms with van der Waals surface area (Å²) in [7, 11) is -2.46. The number of ether oxygens (including phenoxy) is 2. The maximum absolute atomic E-state index is 13.9. The van der Waals surface area contributed by atoms with Crippen molar-refractivity contribution in [1.29, 1.82) is 0 Å². The number of halogens is 2. The van der Waals surface area contributed by atoms with Crippen molar-refractivity contribution >= 4 is 33.2 Å². The number of nitrogens with zero attached hydrogens (tertiary/aromatic N) is 1. The molecule has 0 unspecified atom stereocenters. The molecule has 0 radical (unpaired) electrons. The minimum absolute atomic E-state index is 0.0580. The molecule has 0 atom stereocenters. The van der Waals surface area contributed by atoms with Crippen LogP contribution in [0.5, 0.6) is 5.75 Å². The molecule has 7 nitrogen and oxygen atoms in total. The summed E-state index contributed by atoms with van der Waals surface area (Å²) in [4.78, 5) is 12.3. The number of morpholine rings is 1. The molecule has 1 aliphatic rings. The second-order valence-corrected chi connectivity index (χ2v) is 8.69. The van der Waals surface area contributed by atoms with E-state index in [1.807, 2.05) is 0 Å². The molecule has 0 aromatic heterocycles. The minimum Gasteiger partial charge on any atom is -0.495 e. The van der Waals surface area contributed by atoms with Gasteiger partial charge in [0.15, 0.2) is 0 Å². The van der Waals surface area contributed by atoms with Gasteiger partial charge < -0.3 is 14.8 Å². The topological polar surface area (TPSA) is 84.9 Å². The number of methoxy groups -OCH3 is 1. The van der Waals surface area contributed by atoms with Gasteiger partial charge in [0, 0.05) is 23.8 Å². The zero-order valence-corrected chi connectivity index (χ0v) is 17.2. The fourth-order valence-corrected chi connectivity index (χ4v) is 4.67. The molecule has 156 valence electrons. The number of nitrogens with one attached hydrogen (secondary N) is 1. The lowest BCUT2D eigenvalue weighted by atomic mass is 10.1. The van der Waals surface area contributed by atoms with Crippen molar-refractivity contribution in [3.63, 3.8) is 0 Å². The SMILES string of the molecule is COc1ccc(NC(=O)Cc2ccc(Cl)cc2F)cc1S(=O)(=O)N1CCOCC1. The molecule has 0 aliphatic carbocycles. The van der Waals surface area contributed by atoms with Gasteiger partial charge in [-0.15, -0.1) is 0 Å². The molecule has 0 saturated carbocycles. The normalized spacial score (nSPS) is 15.1. The minimum atomic E-state index is -3.83. The Labute approximate surface area is 173 Å². The number of benzene rings is 2. The summed E-state index contributed by atoms with van der Waals surface area (Å²) in [6.45, 7) is 1.09. The Bertz CT molecular complexity index is 1010. The van der Waals surface area contributed by atoms with Crippen LogP contribution in [-0.2, 0) is 26.0 Å². The molecule has 1 fully saturated rings. The number of anilines is 1. The second-order valence-electron chi connectivity index (χ2n) is 6.34. The summed E-state index contributed by atoms with van der Waals surface area (Å²) in [5, 5.41) is 2.83. The van der Waals surface area contributed by atoms with Gasteiger partial charge in [0.1, 0.15) is 16.5 Å². The molecule has 0 bridgehead atoms. The number of rotatable bonds is 6. The predicted octanol–water partition coefficient (Wildman–Crippen LogP) is 2.69. The van der Waals surface area contributed by atoms with Crippen LogP contribution in [0.3, 0.4) is 0 Å². The zero-order chi connectivity index (χ0) is 21.0. The van der Waals surface area contributed by atoms with Crippen molar-refractivity contribution in [3.05, 3.63) is 52.8 Å². The highest BCUT2D eigenvalue weighted by atomic mass is 35.5. The highest BCUT2D eigenvalue weighted by molar-refractivity contribution is 7.89. The van der Waals surface area contributed by atoms with Gasteiger partial charge in [-0.1, -0.05) is 17.7 Å². The quantitative estimate of drug-likeness (QED) is 0.743. The first-order valence-electron chi connectivity index (χ1n) is 8.81. The van der Waals surface area contributed by atoms with Crippen LogP contribution in [0.1, 0.15) is 5.56 Å². The summed E-state index contributed by atoms with van der Waals surface area (Å²) in [6.07, 6.45) is -0.222. The zero-order valence-electron chi connectivity index (χ0n) is 15.7. The maximum Gasteiger partial charge on any atom is 0.246 e. The third kappa shape index (κ3) is 5.05. The summed E-state index contributed by atoms with van der Waals surface area (Å²) in [6, 6.07) is 8.37. The van der Waals surface area contributed by atoms with Crippen molar-refractivity contribution in [2.75, 3.05) is 38.7 Å². The van der Waals surface area contributed by atoms with Crippen LogP contribution in [0.2, 0.25) is 5.02 Å². The monoisotopic (exact) mass is 442 g/mol. The van der Waals surface area contributed by atoms with E-state index in [0.29, 0.717) is 13.2 Å². The highest BCUT2D eigenvalue weighted by Gasteiger charge is 2.29. The van der Waals surface area contributed by atoms with E-state index >= 15 is 0 Å². The van der Waals surface area contributed by atoms with Gasteiger partial charge in [-0.3, -0.25) is 4.79 Å². The van der Waals surface area contributed by atoms with Crippen LogP contribution in [0.25, 0.3) is 0 Å². The lowest BCUT2D eigenvalue weighted by Crippen LogP contribution is -2.40. The molecule has 1 aliphatic heterocycles. The van der Waals surface area contributed by atoms with Crippen molar-refractivity contribution in [3.8, 4) is 5.75 Å². The molecule has 1 N–H and O–H groups in total. The van der Waals surface area contributed by atoms with E-state index in [1.54, 1.807) is 0 Å². The molecule has 1 amide bonds. The lowest BCUT2D eigenvalue weighted by Gasteiger charge is -2.26. The van der Waals surface area contributed by atoms with Gasteiger partial charge in [-0.25, -0.2) is 12.8 Å². The third-order valence-corrected chi connectivity index (χ3v) is 6.56. The molecule has 0 spiro atoms. The van der Waals surface area contributed by atoms with E-state index in [1.165, 1.54) is 41.7 Å². The molecule has 29 heavy (non-hydrogen) atoms. The van der Waals surface area contributed by atoms with E-state index in [-0.39, 0.29) is 46.4 Å². The van der Waals surface area contributed by atoms with Crippen LogP contribution < -0.4 is 10.1 Å². The molecular formula is C19H20ClFN2O5S. The Balaban J connectivity index is 1.81. The molecule has 2 aromatic rings. The number of amides is 1. The Kier molecular flexibility index (Phi) is 6.74. The van der Waals surface area contributed by atoms with E-state index < -0.39 is 21.7 Å². The number of hydrogen-bond acceptors (Lipinski definition) is 5. The predicted molar refractivity (Wildman–Crippen MR) is 106 cm³/mol. The first kappa shape index (κ1) is 21.5. The Morgan fingerprint density at radius 2 is 1.97 bits per heavy atom. The Morgan fingerprint density at radius 1 is 1.24 bits per heavy atom. The Morgan fingerprint density at radius 3 is 2.62 bits per heavy atom. The summed E-state index contributed by atoms with van der Waals surface area (Å²) >= 11 is 5.71. The molecular weight excluding hydrogens is 423 g/mol. The van der Waals surface area contributed by atoms with Crippen molar-refractivity contribution in [2.45, 2.75) is 11.3 Å². The third-order valence-electron chi connectivity index (χ3n) is 4.40. The molecule has 10 heteroatoms. The summed E-state index contributed by atoms with van der Waals surface area (Å²) < 4.78 is 51.6. The molecule has 1 saturated heterocycles. The molecule has 2 aromatic carbocycles. The largest absolute Gasteiger partial charge is 0.495 e. The van der Waals surface area contributed by atoms with E-state index in [9.17, 15) is 17.6 Å². The van der Waals surface area contributed by atoms with Crippen molar-refractivity contribution < 1.29 is 27.1 Å². The summed E-state index contributed by atoms with van der Waals surface area (Å²) in [5.74, 6) is -0.915. The molecule has 3 rings (SSSR count). The van der Waals surface area contributed by atoms with E-state index in [0.717, 1.165) is 6.07 Å². The van der Waals surface area contributed by atoms with Gasteiger partial charge in [-0.2, -0.15) is 4.31 Å². The smallest absolute Gasteiger partial charge is 0.246 e. The first-order chi connectivity index (χ1) is 13.8. The molecule has 1 heterocycles. The number of carbonyl (C=O) groups excluding carboxylic acids is 1. The van der Waals surface area contributed by atoms with Gasteiger partial charge in [-0.05, 0) is 35.9 Å². The van der Waals surface area contributed by atoms with Gasteiger partial charge in [0.25, 0.3) is 0 Å². The van der Waals surface area contributed by atoms with Gasteiger partial charge >= 0.3 is 0 Å². The lowest BCUT2D eigenvalue weighted by molar-refractivity contribution is -0.115. The van der Waals surface area contributed by atoms with E-state index in [4.69, 9.17) is 21.1 Å². The number of hydrogen-bond donors (Lipinski definition) is 1. The van der Waals surface area contributed by atoms with Crippen LogP contribution in [0, 0.1) is 5.82 Å². The summed E-state index contributed by atoms with van der Waals surface area (Å²) in [5.41, 5.74) is 0.443. The first-order valence-corrected chi connectivity index (χ1v) is 10.6. The van der Waals surface area contributed by atoms with E-state index in [2.05, 4.69) is 5.32 Å². The number of sulfonamides is 1. The van der Waals surface area contributed by atoms with Gasteiger partial charge in [0.2, 0.25) is 15.9 Å². The fraction of sp³-hybridized carbons (Fsp3) is 0.316. The highest BCUT2D eigenvalue weighted by Crippen LogP contribution is 2.30. The van der Waals surface area contributed by atoms with Crippen molar-refractivity contribution in [1.82, 2.24) is 4.31 Å².